The van der Waals surface area contributed by atoms with Gasteiger partial charge in [0, 0.05) is 34.1 Å². The van der Waals surface area contributed by atoms with Crippen LogP contribution in [0.15, 0.2) is 176 Å². The van der Waals surface area contributed by atoms with Crippen molar-refractivity contribution in [2.45, 2.75) is 0 Å². The molecule has 3 aromatic heterocycles. The molecule has 0 spiro atoms. The number of hydrogen-bond acceptors (Lipinski definition) is 2. The van der Waals surface area contributed by atoms with Gasteiger partial charge in [-0.05, 0) is 85.1 Å². The maximum absolute atomic E-state index is 4.91. The maximum Gasteiger partial charge on any atom is 0.0723 e. The molecule has 0 unspecified atom stereocenters. The second-order valence-electron chi connectivity index (χ2n) is 13.4. The van der Waals surface area contributed by atoms with Gasteiger partial charge in [-0.2, -0.15) is 0 Å². The molecule has 236 valence electrons. The van der Waals surface area contributed by atoms with Crippen molar-refractivity contribution in [2.24, 2.45) is 0 Å². The van der Waals surface area contributed by atoms with Gasteiger partial charge in [0.05, 0.1) is 28.4 Å². The second kappa shape index (κ2) is 10.8. The molecule has 0 saturated heterocycles. The number of hydrogen-bond donors (Lipinski definition) is 0. The van der Waals surface area contributed by atoms with Crippen LogP contribution in [0.5, 0.6) is 0 Å². The Labute approximate surface area is 294 Å². The van der Waals surface area contributed by atoms with E-state index in [0.717, 1.165) is 44.1 Å². The smallest absolute Gasteiger partial charge is 0.0723 e. The van der Waals surface area contributed by atoms with Crippen molar-refractivity contribution in [2.75, 3.05) is 0 Å². The summed E-state index contributed by atoms with van der Waals surface area (Å²) < 4.78 is 2.36. The molecule has 3 heterocycles. The molecule has 0 amide bonds. The Bertz CT molecular complexity index is 2980. The summed E-state index contributed by atoms with van der Waals surface area (Å²) in [6.45, 7) is 0. The first-order valence-electron chi connectivity index (χ1n) is 17.4. The lowest BCUT2D eigenvalue weighted by atomic mass is 9.93. The van der Waals surface area contributed by atoms with E-state index in [2.05, 4.69) is 156 Å². The minimum absolute atomic E-state index is 0.976. The first kappa shape index (κ1) is 28.0. The first-order valence-corrected chi connectivity index (χ1v) is 17.4. The van der Waals surface area contributed by atoms with Crippen molar-refractivity contribution in [1.82, 2.24) is 14.5 Å². The van der Waals surface area contributed by atoms with E-state index in [1.54, 1.807) is 0 Å². The molecule has 0 fully saturated rings. The van der Waals surface area contributed by atoms with Crippen LogP contribution in [0.25, 0.3) is 105 Å². The Hall–Kier alpha value is -6.84. The first-order chi connectivity index (χ1) is 25.3. The van der Waals surface area contributed by atoms with Gasteiger partial charge in [-0.25, -0.2) is 0 Å². The van der Waals surface area contributed by atoms with Crippen LogP contribution in [0.3, 0.4) is 0 Å². The Morgan fingerprint density at radius 3 is 1.90 bits per heavy atom. The predicted octanol–water partition coefficient (Wildman–Crippen LogP) is 12.5. The van der Waals surface area contributed by atoms with Gasteiger partial charge in [-0.3, -0.25) is 9.97 Å². The number of benzene rings is 7. The Kier molecular flexibility index (Phi) is 5.96. The average Bonchev–Trinajstić information content (AvgIpc) is 3.72. The molecular formula is C48H29N3. The number of para-hydroxylation sites is 1. The van der Waals surface area contributed by atoms with Crippen LogP contribution in [0.1, 0.15) is 0 Å². The van der Waals surface area contributed by atoms with Gasteiger partial charge >= 0.3 is 0 Å². The molecule has 0 radical (unpaired) electrons. The molecule has 0 aliphatic heterocycles. The van der Waals surface area contributed by atoms with Gasteiger partial charge in [-0.1, -0.05) is 133 Å². The van der Waals surface area contributed by atoms with E-state index in [0.29, 0.717) is 0 Å². The van der Waals surface area contributed by atoms with Crippen LogP contribution in [0, 0.1) is 0 Å². The van der Waals surface area contributed by atoms with Gasteiger partial charge in [0.1, 0.15) is 0 Å². The summed E-state index contributed by atoms with van der Waals surface area (Å²) in [5.74, 6) is 0. The predicted molar refractivity (Wildman–Crippen MR) is 212 cm³/mol. The van der Waals surface area contributed by atoms with E-state index < -0.39 is 0 Å². The number of pyridine rings is 2. The quantitative estimate of drug-likeness (QED) is 0.190. The molecule has 0 bridgehead atoms. The van der Waals surface area contributed by atoms with Crippen LogP contribution < -0.4 is 0 Å². The van der Waals surface area contributed by atoms with Crippen molar-refractivity contribution in [1.29, 1.82) is 0 Å². The monoisotopic (exact) mass is 647 g/mol. The van der Waals surface area contributed by atoms with Crippen molar-refractivity contribution in [3.8, 4) is 61.3 Å². The SMILES string of the molecule is c1ccc(-c2cncc(-n3c4ccc(-c5ccc(-c6ccc7c8c(cccc68)-c6ccccc6-7)cc5)cc4c4cnc5ccccc5c43)c2)cc1. The van der Waals surface area contributed by atoms with Gasteiger partial charge in [0.25, 0.3) is 0 Å². The van der Waals surface area contributed by atoms with Gasteiger partial charge < -0.3 is 4.57 Å². The Balaban J connectivity index is 1.05. The van der Waals surface area contributed by atoms with E-state index in [1.165, 1.54) is 60.7 Å². The van der Waals surface area contributed by atoms with Crippen LogP contribution in [0.4, 0.5) is 0 Å². The lowest BCUT2D eigenvalue weighted by Gasteiger charge is -2.12. The van der Waals surface area contributed by atoms with E-state index in [9.17, 15) is 0 Å². The summed E-state index contributed by atoms with van der Waals surface area (Å²) in [5, 5.41) is 6.07. The Morgan fingerprint density at radius 1 is 0.373 bits per heavy atom. The third kappa shape index (κ3) is 4.19. The highest BCUT2D eigenvalue weighted by Gasteiger charge is 2.22. The minimum atomic E-state index is 0.976. The van der Waals surface area contributed by atoms with Crippen molar-refractivity contribution in [3.63, 3.8) is 0 Å². The van der Waals surface area contributed by atoms with E-state index >= 15 is 0 Å². The van der Waals surface area contributed by atoms with Gasteiger partial charge in [0.2, 0.25) is 0 Å². The standard InChI is InChI=1S/C48H29N3/c1-2-9-30(10-3-1)34-25-35(28-49-27-34)51-46-24-21-33(26-43(46)44-29-50-45-16-7-6-13-42(45)48(44)51)31-17-19-32(20-18-31)36-22-23-41-38-12-5-4-11-37(38)40-15-8-14-39(36)47(40)41/h1-29H. The van der Waals surface area contributed by atoms with Crippen LogP contribution in [0.2, 0.25) is 0 Å². The zero-order valence-corrected chi connectivity index (χ0v) is 27.6. The molecule has 10 aromatic rings. The van der Waals surface area contributed by atoms with E-state index in [4.69, 9.17) is 9.97 Å². The van der Waals surface area contributed by atoms with Crippen molar-refractivity contribution in [3.05, 3.63) is 176 Å². The topological polar surface area (TPSA) is 30.7 Å². The lowest BCUT2D eigenvalue weighted by Crippen LogP contribution is -1.96. The second-order valence-corrected chi connectivity index (χ2v) is 13.4. The molecule has 3 heteroatoms. The van der Waals surface area contributed by atoms with Gasteiger partial charge in [0.15, 0.2) is 0 Å². The molecule has 7 aromatic carbocycles. The van der Waals surface area contributed by atoms with Crippen LogP contribution in [-0.4, -0.2) is 14.5 Å². The molecule has 3 nitrogen and oxygen atoms in total. The molecule has 0 saturated carbocycles. The summed E-state index contributed by atoms with van der Waals surface area (Å²) in [5.41, 5.74) is 16.6. The van der Waals surface area contributed by atoms with Crippen molar-refractivity contribution < 1.29 is 0 Å². The summed E-state index contributed by atoms with van der Waals surface area (Å²) in [6, 6.07) is 57.0. The maximum atomic E-state index is 4.91. The summed E-state index contributed by atoms with van der Waals surface area (Å²) in [6.07, 6.45) is 5.94. The fourth-order valence-corrected chi connectivity index (χ4v) is 8.32. The number of aromatic nitrogens is 3. The van der Waals surface area contributed by atoms with Crippen molar-refractivity contribution >= 4 is 43.5 Å². The van der Waals surface area contributed by atoms with E-state index in [1.807, 2.05) is 24.7 Å². The molecule has 51 heavy (non-hydrogen) atoms. The molecule has 0 N–H and O–H groups in total. The van der Waals surface area contributed by atoms with Crippen LogP contribution in [-0.2, 0) is 0 Å². The third-order valence-corrected chi connectivity index (χ3v) is 10.7. The zero-order chi connectivity index (χ0) is 33.5. The average molecular weight is 648 g/mol. The molecule has 1 aliphatic rings. The highest BCUT2D eigenvalue weighted by Crippen LogP contribution is 2.49. The summed E-state index contributed by atoms with van der Waals surface area (Å²) in [4.78, 5) is 9.62. The fraction of sp³-hybridized carbons (Fsp3) is 0. The summed E-state index contributed by atoms with van der Waals surface area (Å²) in [7, 11) is 0. The number of rotatable bonds is 4. The Morgan fingerprint density at radius 2 is 1.04 bits per heavy atom. The molecule has 0 atom stereocenters. The minimum Gasteiger partial charge on any atom is -0.307 e. The van der Waals surface area contributed by atoms with Crippen LogP contribution >= 0.6 is 0 Å². The third-order valence-electron chi connectivity index (χ3n) is 10.7. The molecular weight excluding hydrogens is 619 g/mol. The summed E-state index contributed by atoms with van der Waals surface area (Å²) >= 11 is 0. The molecule has 11 rings (SSSR count). The highest BCUT2D eigenvalue weighted by atomic mass is 15.0. The number of fused-ring (bicyclic) bond motifs is 8. The molecule has 1 aliphatic carbocycles. The zero-order valence-electron chi connectivity index (χ0n) is 27.6. The fourth-order valence-electron chi connectivity index (χ4n) is 8.32. The largest absolute Gasteiger partial charge is 0.307 e. The normalized spacial score (nSPS) is 11.9. The number of nitrogens with zero attached hydrogens (tertiary/aromatic N) is 3. The lowest BCUT2D eigenvalue weighted by molar-refractivity contribution is 1.14. The van der Waals surface area contributed by atoms with Gasteiger partial charge in [-0.15, -0.1) is 0 Å². The highest BCUT2D eigenvalue weighted by molar-refractivity contribution is 6.19. The van der Waals surface area contributed by atoms with E-state index in [-0.39, 0.29) is 0 Å².